The second-order valence-corrected chi connectivity index (χ2v) is 10.1. The van der Waals surface area contributed by atoms with Crippen LogP contribution in [0.4, 0.5) is 28.9 Å². The Morgan fingerprint density at radius 1 is 1.07 bits per heavy atom. The molecule has 0 radical (unpaired) electrons. The van der Waals surface area contributed by atoms with E-state index in [1.807, 2.05) is 6.07 Å². The Balaban J connectivity index is 0.000000559. The summed E-state index contributed by atoms with van der Waals surface area (Å²) in [5.41, 5.74) is 8.92. The van der Waals surface area contributed by atoms with E-state index in [0.717, 1.165) is 23.8 Å². The number of anilines is 2. The van der Waals surface area contributed by atoms with Crippen molar-refractivity contribution in [3.8, 4) is 11.1 Å². The first-order valence-electron chi connectivity index (χ1n) is 11.2. The second-order valence-electron chi connectivity index (χ2n) is 8.60. The van der Waals surface area contributed by atoms with Gasteiger partial charge in [0, 0.05) is 28.4 Å². The molecule has 1 fully saturated rings. The highest BCUT2D eigenvalue weighted by molar-refractivity contribution is 7.89. The van der Waals surface area contributed by atoms with Gasteiger partial charge in [0.15, 0.2) is 0 Å². The van der Waals surface area contributed by atoms with E-state index in [2.05, 4.69) is 10.5 Å². The van der Waals surface area contributed by atoms with Gasteiger partial charge in [0.05, 0.1) is 11.1 Å². The molecule has 0 heterocycles. The summed E-state index contributed by atoms with van der Waals surface area (Å²) < 4.78 is 69.1. The number of hydrogen-bond donors (Lipinski definition) is 5. The zero-order valence-electron chi connectivity index (χ0n) is 20.3. The Bertz CT molecular complexity index is 1560. The van der Waals surface area contributed by atoms with Crippen molar-refractivity contribution >= 4 is 39.5 Å². The van der Waals surface area contributed by atoms with Gasteiger partial charge in [0.25, 0.3) is 0 Å². The summed E-state index contributed by atoms with van der Waals surface area (Å²) in [4.78, 5) is 21.4. The van der Waals surface area contributed by atoms with Gasteiger partial charge in [-0.25, -0.2) is 22.7 Å². The molecular formula is C25H22F4N4O6S. The lowest BCUT2D eigenvalue weighted by Crippen LogP contribution is -2.21. The third-order valence-electron chi connectivity index (χ3n) is 5.84. The van der Waals surface area contributed by atoms with Gasteiger partial charge < -0.3 is 21.4 Å². The van der Waals surface area contributed by atoms with Crippen LogP contribution in [0.1, 0.15) is 23.5 Å². The molecule has 3 aromatic carbocycles. The first kappa shape index (κ1) is 30.0. The van der Waals surface area contributed by atoms with Crippen LogP contribution in [-0.2, 0) is 19.6 Å². The number of halogens is 4. The molecule has 0 unspecified atom stereocenters. The Morgan fingerprint density at radius 2 is 1.70 bits per heavy atom. The molecule has 1 amide bonds. The van der Waals surface area contributed by atoms with Crippen molar-refractivity contribution in [3.63, 3.8) is 0 Å². The van der Waals surface area contributed by atoms with Crippen LogP contribution in [0.25, 0.3) is 11.1 Å². The van der Waals surface area contributed by atoms with E-state index in [1.165, 1.54) is 6.21 Å². The number of hydrogen-bond acceptors (Lipinski definition) is 7. The van der Waals surface area contributed by atoms with E-state index >= 15 is 0 Å². The quantitative estimate of drug-likeness (QED) is 0.0959. The number of alkyl halides is 3. The molecule has 212 valence electrons. The number of oxime groups is 1. The number of carbonyl (C=O) groups excluding carboxylic acids is 1. The number of aliphatic carboxylic acids is 1. The molecule has 15 heteroatoms. The number of carboxylic acid groups (broad SMARTS) is 1. The lowest BCUT2D eigenvalue weighted by molar-refractivity contribution is -0.192. The molecule has 0 aliphatic heterocycles. The number of benzene rings is 3. The average Bonchev–Trinajstić information content (AvgIpc) is 3.66. The SMILES string of the molecule is Nc1cccc([C@H]2C[C@H]2C(=O)Nc2ccc(-c3cc(F)ccc3S(N)(=O)=O)cc2)c1C=NO.O=C(O)C(F)(F)F. The lowest BCUT2D eigenvalue weighted by atomic mass is 10.0. The highest BCUT2D eigenvalue weighted by atomic mass is 32.2. The molecule has 4 rings (SSSR count). The molecule has 0 saturated heterocycles. The van der Waals surface area contributed by atoms with Gasteiger partial charge >= 0.3 is 12.1 Å². The number of nitrogens with zero attached hydrogens (tertiary/aromatic N) is 1. The third kappa shape index (κ3) is 7.33. The van der Waals surface area contributed by atoms with Crippen molar-refractivity contribution in [2.24, 2.45) is 16.2 Å². The largest absolute Gasteiger partial charge is 0.490 e. The zero-order chi connectivity index (χ0) is 29.8. The summed E-state index contributed by atoms with van der Waals surface area (Å²) in [5.74, 6) is -3.85. The van der Waals surface area contributed by atoms with E-state index in [9.17, 15) is 30.8 Å². The maximum absolute atomic E-state index is 13.7. The fourth-order valence-corrected chi connectivity index (χ4v) is 4.65. The van der Waals surface area contributed by atoms with E-state index < -0.39 is 28.0 Å². The van der Waals surface area contributed by atoms with Crippen molar-refractivity contribution in [2.45, 2.75) is 23.4 Å². The van der Waals surface area contributed by atoms with Gasteiger partial charge in [-0.3, -0.25) is 4.79 Å². The molecule has 1 aliphatic rings. The highest BCUT2D eigenvalue weighted by Gasteiger charge is 2.45. The summed E-state index contributed by atoms with van der Waals surface area (Å²) in [6.07, 6.45) is -3.19. The molecule has 2 atom stereocenters. The van der Waals surface area contributed by atoms with Gasteiger partial charge in [-0.15, -0.1) is 0 Å². The number of carbonyl (C=O) groups is 2. The average molecular weight is 583 g/mol. The number of nitrogens with one attached hydrogen (secondary N) is 1. The van der Waals surface area contributed by atoms with Gasteiger partial charge in [0.1, 0.15) is 5.82 Å². The minimum absolute atomic E-state index is 0.0506. The van der Waals surface area contributed by atoms with Crippen LogP contribution in [0, 0.1) is 11.7 Å². The summed E-state index contributed by atoms with van der Waals surface area (Å²) in [5, 5.41) is 27.2. The first-order valence-corrected chi connectivity index (χ1v) is 12.8. The molecule has 10 nitrogen and oxygen atoms in total. The molecular weight excluding hydrogens is 560 g/mol. The normalized spacial score (nSPS) is 16.6. The highest BCUT2D eigenvalue weighted by Crippen LogP contribution is 2.49. The van der Waals surface area contributed by atoms with Crippen molar-refractivity contribution in [1.82, 2.24) is 0 Å². The monoisotopic (exact) mass is 582 g/mol. The summed E-state index contributed by atoms with van der Waals surface area (Å²) in [6.45, 7) is 0. The van der Waals surface area contributed by atoms with Gasteiger partial charge in [-0.05, 0) is 59.9 Å². The molecule has 0 bridgehead atoms. The van der Waals surface area contributed by atoms with Crippen LogP contribution in [0.2, 0.25) is 0 Å². The predicted molar refractivity (Wildman–Crippen MR) is 137 cm³/mol. The number of carboxylic acids is 1. The maximum Gasteiger partial charge on any atom is 0.490 e. The van der Waals surface area contributed by atoms with Crippen LogP contribution < -0.4 is 16.2 Å². The Morgan fingerprint density at radius 3 is 2.25 bits per heavy atom. The lowest BCUT2D eigenvalue weighted by Gasteiger charge is -2.11. The molecule has 40 heavy (non-hydrogen) atoms. The van der Waals surface area contributed by atoms with E-state index in [1.54, 1.807) is 36.4 Å². The van der Waals surface area contributed by atoms with Crippen molar-refractivity contribution in [2.75, 3.05) is 11.1 Å². The van der Waals surface area contributed by atoms with Crippen molar-refractivity contribution in [1.29, 1.82) is 0 Å². The number of rotatable bonds is 6. The third-order valence-corrected chi connectivity index (χ3v) is 6.81. The second kappa shape index (κ2) is 11.7. The summed E-state index contributed by atoms with van der Waals surface area (Å²) in [6, 6.07) is 14.9. The van der Waals surface area contributed by atoms with Crippen molar-refractivity contribution < 1.29 is 45.9 Å². The van der Waals surface area contributed by atoms with E-state index in [4.69, 9.17) is 26.0 Å². The van der Waals surface area contributed by atoms with Crippen LogP contribution >= 0.6 is 0 Å². The molecule has 0 spiro atoms. The number of nitrogen functional groups attached to an aromatic ring is 1. The van der Waals surface area contributed by atoms with Crippen LogP contribution in [-0.4, -0.2) is 43.0 Å². The van der Waals surface area contributed by atoms with Crippen LogP contribution in [0.15, 0.2) is 70.7 Å². The molecule has 3 aromatic rings. The Labute approximate surface area is 225 Å². The topological polar surface area (TPSA) is 185 Å². The smallest absolute Gasteiger partial charge is 0.475 e. The number of sulfonamides is 1. The van der Waals surface area contributed by atoms with E-state index in [-0.39, 0.29) is 28.2 Å². The van der Waals surface area contributed by atoms with Crippen LogP contribution in [0.5, 0.6) is 0 Å². The summed E-state index contributed by atoms with van der Waals surface area (Å²) in [7, 11) is -4.04. The number of amides is 1. The Hall–Kier alpha value is -4.50. The standard InChI is InChI=1S/C23H21FN4O4S.C2HF3O2/c24-14-6-9-22(33(26,31)32)17(10-14)13-4-7-15(8-5-13)28-23(29)19-11-18(19)16-2-1-3-21(25)20(16)12-27-30;3-2(4,5)1(6)7/h1-10,12,18-19,30H,11,25H2,(H,28,29)(H2,26,31,32);(H,6,7)/t18-,19-;/m1./s1. The molecule has 7 N–H and O–H groups in total. The predicted octanol–water partition coefficient (Wildman–Crippen LogP) is 3.91. The number of nitrogens with two attached hydrogens (primary N) is 2. The fourth-order valence-electron chi connectivity index (χ4n) is 3.90. The van der Waals surface area contributed by atoms with Gasteiger partial charge in [-0.2, -0.15) is 13.2 Å². The Kier molecular flexibility index (Phi) is 8.80. The number of primary sulfonamides is 1. The molecule has 1 aliphatic carbocycles. The zero-order valence-corrected chi connectivity index (χ0v) is 21.1. The summed E-state index contributed by atoms with van der Waals surface area (Å²) >= 11 is 0. The van der Waals surface area contributed by atoms with Gasteiger partial charge in [0.2, 0.25) is 15.9 Å². The van der Waals surface area contributed by atoms with Crippen molar-refractivity contribution in [3.05, 3.63) is 77.6 Å². The maximum atomic E-state index is 13.7. The van der Waals surface area contributed by atoms with Crippen LogP contribution in [0.3, 0.4) is 0 Å². The molecule has 1 saturated carbocycles. The van der Waals surface area contributed by atoms with Gasteiger partial charge in [-0.1, -0.05) is 29.4 Å². The molecule has 0 aromatic heterocycles. The van der Waals surface area contributed by atoms with E-state index in [0.29, 0.717) is 28.9 Å². The fraction of sp³-hybridized carbons (Fsp3) is 0.160. The minimum Gasteiger partial charge on any atom is -0.475 e. The first-order chi connectivity index (χ1) is 18.6. The minimum atomic E-state index is -5.08.